The lowest BCUT2D eigenvalue weighted by atomic mass is 9.86. The molecule has 0 spiro atoms. The molecule has 0 fully saturated rings. The van der Waals surface area contributed by atoms with Crippen molar-refractivity contribution in [3.8, 4) is 22.3 Å². The van der Waals surface area contributed by atoms with Crippen molar-refractivity contribution in [2.24, 2.45) is 0 Å². The lowest BCUT2D eigenvalue weighted by Gasteiger charge is -2.17. The zero-order valence-electron chi connectivity index (χ0n) is 21.5. The van der Waals surface area contributed by atoms with Crippen molar-refractivity contribution in [2.45, 2.75) is 0 Å². The minimum atomic E-state index is 1.26. The van der Waals surface area contributed by atoms with E-state index in [0.29, 0.717) is 0 Å². The molecule has 0 saturated carbocycles. The maximum atomic E-state index is 2.43. The number of rotatable bonds is 2. The van der Waals surface area contributed by atoms with E-state index in [9.17, 15) is 0 Å². The number of hydrogen-bond acceptors (Lipinski definition) is 2. The van der Waals surface area contributed by atoms with Gasteiger partial charge in [-0.25, -0.2) is 0 Å². The van der Waals surface area contributed by atoms with Gasteiger partial charge in [0.05, 0.1) is 0 Å². The van der Waals surface area contributed by atoms with E-state index in [1.807, 2.05) is 22.7 Å². The van der Waals surface area contributed by atoms with E-state index in [4.69, 9.17) is 0 Å². The summed E-state index contributed by atoms with van der Waals surface area (Å²) in [7, 11) is 0. The van der Waals surface area contributed by atoms with Gasteiger partial charge in [0, 0.05) is 40.3 Å². The molecule has 0 N–H and O–H groups in total. The van der Waals surface area contributed by atoms with Crippen LogP contribution in [0.3, 0.4) is 0 Å². The minimum absolute atomic E-state index is 1.26. The highest BCUT2D eigenvalue weighted by atomic mass is 32.1. The number of benzene rings is 7. The first-order chi connectivity index (χ1) is 19.8. The molecular weight excluding hydrogens is 521 g/mol. The third-order valence-corrected chi connectivity index (χ3v) is 10.6. The van der Waals surface area contributed by atoms with Gasteiger partial charge in [0.15, 0.2) is 0 Å². The fourth-order valence-electron chi connectivity index (χ4n) is 6.55. The lowest BCUT2D eigenvalue weighted by molar-refractivity contribution is 1.66. The van der Waals surface area contributed by atoms with Crippen molar-refractivity contribution >= 4 is 84.6 Å². The molecule has 40 heavy (non-hydrogen) atoms. The Bertz CT molecular complexity index is 2370. The van der Waals surface area contributed by atoms with Crippen molar-refractivity contribution in [3.05, 3.63) is 133 Å². The Labute approximate surface area is 239 Å². The molecule has 0 aliphatic carbocycles. The van der Waals surface area contributed by atoms with Crippen LogP contribution in [-0.2, 0) is 0 Å². The van der Waals surface area contributed by atoms with Gasteiger partial charge in [0.1, 0.15) is 0 Å². The van der Waals surface area contributed by atoms with E-state index in [0.717, 1.165) is 0 Å². The number of fused-ring (bicyclic) bond motifs is 9. The molecular formula is C38H22S2. The molecule has 9 rings (SSSR count). The predicted molar refractivity (Wildman–Crippen MR) is 178 cm³/mol. The molecule has 0 saturated heterocycles. The molecule has 0 atom stereocenters. The van der Waals surface area contributed by atoms with Gasteiger partial charge in [-0.15, -0.1) is 22.7 Å². The SMILES string of the molecule is c1ccc(-c2c3ccccc3c(-c3ccc4c(c3)sc3ccc5c6ccccc6sc5c34)c3ccccc23)cc1. The third-order valence-electron chi connectivity index (χ3n) is 8.26. The van der Waals surface area contributed by atoms with E-state index < -0.39 is 0 Å². The molecule has 0 radical (unpaired) electrons. The van der Waals surface area contributed by atoms with Crippen LogP contribution in [0, 0.1) is 0 Å². The standard InChI is InChI=1S/C38H22S2/c1-2-10-23(11-3-1)35-26-13-4-6-15-28(26)36(29-16-7-5-14-27(29)35)24-18-19-31-34(22-24)39-33-21-20-30-25-12-8-9-17-32(25)40-38(30)37(31)33/h1-22H. The summed E-state index contributed by atoms with van der Waals surface area (Å²) < 4.78 is 5.47. The molecule has 186 valence electrons. The van der Waals surface area contributed by atoms with Crippen LogP contribution in [0.15, 0.2) is 133 Å². The second kappa shape index (κ2) is 8.50. The first kappa shape index (κ1) is 22.3. The maximum Gasteiger partial charge on any atom is 0.0448 e. The van der Waals surface area contributed by atoms with Gasteiger partial charge >= 0.3 is 0 Å². The van der Waals surface area contributed by atoms with Crippen molar-refractivity contribution < 1.29 is 0 Å². The molecule has 0 aliphatic heterocycles. The van der Waals surface area contributed by atoms with E-state index in [-0.39, 0.29) is 0 Å². The van der Waals surface area contributed by atoms with Gasteiger partial charge in [-0.1, -0.05) is 115 Å². The second-order valence-electron chi connectivity index (χ2n) is 10.4. The lowest BCUT2D eigenvalue weighted by Crippen LogP contribution is -1.90. The normalized spacial score (nSPS) is 12.0. The molecule has 0 amide bonds. The molecule has 2 aromatic heterocycles. The van der Waals surface area contributed by atoms with Gasteiger partial charge < -0.3 is 0 Å². The quantitative estimate of drug-likeness (QED) is 0.191. The Kier molecular flexibility index (Phi) is 4.74. The van der Waals surface area contributed by atoms with Crippen molar-refractivity contribution in [3.63, 3.8) is 0 Å². The molecule has 2 heteroatoms. The van der Waals surface area contributed by atoms with Gasteiger partial charge in [-0.05, 0) is 62.0 Å². The van der Waals surface area contributed by atoms with E-state index in [1.54, 1.807) is 0 Å². The monoisotopic (exact) mass is 542 g/mol. The summed E-state index contributed by atoms with van der Waals surface area (Å²) in [5.41, 5.74) is 5.16. The summed E-state index contributed by atoms with van der Waals surface area (Å²) >= 11 is 3.83. The topological polar surface area (TPSA) is 0 Å². The molecule has 0 nitrogen and oxygen atoms in total. The summed E-state index contributed by atoms with van der Waals surface area (Å²) in [5, 5.41) is 10.7. The van der Waals surface area contributed by atoms with E-state index in [1.165, 1.54) is 84.1 Å². The molecule has 9 aromatic rings. The largest absolute Gasteiger partial charge is 0.135 e. The average molecular weight is 543 g/mol. The van der Waals surface area contributed by atoms with Crippen LogP contribution in [0.25, 0.3) is 84.1 Å². The Morgan fingerprint density at radius 3 is 1.60 bits per heavy atom. The van der Waals surface area contributed by atoms with Crippen LogP contribution in [0.2, 0.25) is 0 Å². The van der Waals surface area contributed by atoms with Crippen LogP contribution >= 0.6 is 22.7 Å². The summed E-state index contributed by atoms with van der Waals surface area (Å²) in [6.45, 7) is 0. The van der Waals surface area contributed by atoms with Gasteiger partial charge in [-0.3, -0.25) is 0 Å². The smallest absolute Gasteiger partial charge is 0.0448 e. The first-order valence-electron chi connectivity index (χ1n) is 13.6. The van der Waals surface area contributed by atoms with Gasteiger partial charge in [0.2, 0.25) is 0 Å². The van der Waals surface area contributed by atoms with Crippen LogP contribution < -0.4 is 0 Å². The molecule has 0 unspecified atom stereocenters. The summed E-state index contributed by atoms with van der Waals surface area (Å²) in [6.07, 6.45) is 0. The van der Waals surface area contributed by atoms with Crippen molar-refractivity contribution in [1.29, 1.82) is 0 Å². The molecule has 0 bridgehead atoms. The second-order valence-corrected chi connectivity index (χ2v) is 12.6. The summed E-state index contributed by atoms with van der Waals surface area (Å²) in [4.78, 5) is 0. The fraction of sp³-hybridized carbons (Fsp3) is 0. The van der Waals surface area contributed by atoms with Crippen LogP contribution in [-0.4, -0.2) is 0 Å². The Balaban J connectivity index is 1.36. The summed E-state index contributed by atoms with van der Waals surface area (Å²) in [5.74, 6) is 0. The highest BCUT2D eigenvalue weighted by Crippen LogP contribution is 2.47. The highest BCUT2D eigenvalue weighted by molar-refractivity contribution is 7.29. The minimum Gasteiger partial charge on any atom is -0.135 e. The Hall–Kier alpha value is -4.50. The van der Waals surface area contributed by atoms with Crippen LogP contribution in [0.1, 0.15) is 0 Å². The average Bonchev–Trinajstić information content (AvgIpc) is 3.58. The molecule has 2 heterocycles. The fourth-order valence-corrected chi connectivity index (χ4v) is 9.04. The highest BCUT2D eigenvalue weighted by Gasteiger charge is 2.18. The Morgan fingerprint density at radius 1 is 0.325 bits per heavy atom. The number of hydrogen-bond donors (Lipinski definition) is 0. The van der Waals surface area contributed by atoms with Crippen molar-refractivity contribution in [1.82, 2.24) is 0 Å². The Morgan fingerprint density at radius 2 is 0.900 bits per heavy atom. The zero-order valence-corrected chi connectivity index (χ0v) is 23.2. The first-order valence-corrected chi connectivity index (χ1v) is 15.2. The predicted octanol–water partition coefficient (Wildman–Crippen LogP) is 12.1. The van der Waals surface area contributed by atoms with Crippen LogP contribution in [0.5, 0.6) is 0 Å². The van der Waals surface area contributed by atoms with E-state index in [2.05, 4.69) is 133 Å². The molecule has 0 aliphatic rings. The van der Waals surface area contributed by atoms with E-state index >= 15 is 0 Å². The van der Waals surface area contributed by atoms with Gasteiger partial charge in [-0.2, -0.15) is 0 Å². The zero-order chi connectivity index (χ0) is 26.2. The van der Waals surface area contributed by atoms with Crippen molar-refractivity contribution in [2.75, 3.05) is 0 Å². The maximum absolute atomic E-state index is 2.43. The van der Waals surface area contributed by atoms with Crippen LogP contribution in [0.4, 0.5) is 0 Å². The molecule has 7 aromatic carbocycles. The number of thiophene rings is 2. The third kappa shape index (κ3) is 3.12. The van der Waals surface area contributed by atoms with Gasteiger partial charge in [0.25, 0.3) is 0 Å². The summed E-state index contributed by atoms with van der Waals surface area (Å²) in [6, 6.07) is 49.2.